The second kappa shape index (κ2) is 11.8. The van der Waals surface area contributed by atoms with Gasteiger partial charge in [0.05, 0.1) is 18.2 Å². The Bertz CT molecular complexity index is 1390. The minimum Gasteiger partial charge on any atom is -0.488 e. The molecule has 2 aromatic carbocycles. The van der Waals surface area contributed by atoms with Gasteiger partial charge < -0.3 is 19.3 Å². The van der Waals surface area contributed by atoms with E-state index in [-0.39, 0.29) is 52.1 Å². The number of sulfonamides is 1. The van der Waals surface area contributed by atoms with E-state index >= 15 is 0 Å². The molecule has 0 saturated carbocycles. The molecule has 10 nitrogen and oxygen atoms in total. The summed E-state index contributed by atoms with van der Waals surface area (Å²) in [5.74, 6) is 0.157. The number of likely N-dealkylation sites (N-methyl/N-ethyl adjacent to an activating group) is 1. The molecule has 2 heterocycles. The number of nitrogens with zero attached hydrogens (tertiary/aromatic N) is 3. The molecule has 0 bridgehead atoms. The Kier molecular flexibility index (Phi) is 8.63. The first kappa shape index (κ1) is 28.6. The number of hydrogen-bond acceptors (Lipinski definition) is 8. The molecule has 4 rings (SSSR count). The molecule has 3 aromatic rings. The topological polar surface area (TPSA) is 125 Å². The molecule has 0 fully saturated rings. The third kappa shape index (κ3) is 6.43. The highest BCUT2D eigenvalue weighted by molar-refractivity contribution is 7.92. The van der Waals surface area contributed by atoms with Gasteiger partial charge in [-0.05, 0) is 51.6 Å². The van der Waals surface area contributed by atoms with E-state index in [1.165, 1.54) is 18.6 Å². The molecule has 1 aromatic heterocycles. The van der Waals surface area contributed by atoms with Crippen LogP contribution in [0, 0.1) is 19.8 Å². The van der Waals surface area contributed by atoms with Crippen LogP contribution in [0.2, 0.25) is 0 Å². The van der Waals surface area contributed by atoms with Crippen LogP contribution in [0.25, 0.3) is 0 Å². The van der Waals surface area contributed by atoms with Crippen LogP contribution in [0.5, 0.6) is 5.75 Å². The van der Waals surface area contributed by atoms with E-state index in [9.17, 15) is 18.3 Å². The fraction of sp³-hybridized carbons (Fsp3) is 0.429. The number of carbonyl (C=O) groups excluding carboxylic acids is 1. The molecule has 2 N–H and O–H groups in total. The van der Waals surface area contributed by atoms with Crippen LogP contribution in [0.3, 0.4) is 0 Å². The smallest absolute Gasteiger partial charge is 0.267 e. The zero-order chi connectivity index (χ0) is 28.3. The van der Waals surface area contributed by atoms with Crippen molar-refractivity contribution in [1.82, 2.24) is 15.0 Å². The van der Waals surface area contributed by atoms with Gasteiger partial charge in [-0.2, -0.15) is 0 Å². The number of ether oxygens (including phenoxy) is 1. The van der Waals surface area contributed by atoms with Crippen molar-refractivity contribution >= 4 is 21.6 Å². The fourth-order valence-corrected chi connectivity index (χ4v) is 6.22. The third-order valence-corrected chi connectivity index (χ3v) is 8.57. The molecule has 0 radical (unpaired) electrons. The number of carbonyl (C=O) groups is 1. The van der Waals surface area contributed by atoms with Crippen molar-refractivity contribution in [2.45, 2.75) is 51.3 Å². The van der Waals surface area contributed by atoms with Crippen LogP contribution in [0.1, 0.15) is 41.2 Å². The van der Waals surface area contributed by atoms with E-state index in [2.05, 4.69) is 26.9 Å². The number of aliphatic hydroxyl groups is 1. The number of aliphatic hydroxyl groups excluding tert-OH is 1. The van der Waals surface area contributed by atoms with E-state index in [0.29, 0.717) is 18.8 Å². The van der Waals surface area contributed by atoms with Crippen LogP contribution in [-0.4, -0.2) is 73.3 Å². The number of rotatable bonds is 9. The first-order chi connectivity index (χ1) is 18.5. The van der Waals surface area contributed by atoms with Crippen molar-refractivity contribution in [2.75, 3.05) is 31.5 Å². The zero-order valence-corrected chi connectivity index (χ0v) is 23.7. The third-order valence-electron chi connectivity index (χ3n) is 6.94. The normalized spacial score (nSPS) is 18.7. The number of anilines is 1. The van der Waals surface area contributed by atoms with Crippen LogP contribution in [-0.2, 0) is 16.6 Å². The first-order valence-corrected chi connectivity index (χ1v) is 14.4. The predicted molar refractivity (Wildman–Crippen MR) is 147 cm³/mol. The molecule has 0 unspecified atom stereocenters. The van der Waals surface area contributed by atoms with Crippen molar-refractivity contribution in [2.24, 2.45) is 5.92 Å². The van der Waals surface area contributed by atoms with E-state index in [4.69, 9.17) is 9.26 Å². The lowest BCUT2D eigenvalue weighted by Gasteiger charge is -2.38. The van der Waals surface area contributed by atoms with Gasteiger partial charge in [0.25, 0.3) is 15.9 Å². The highest BCUT2D eigenvalue weighted by atomic mass is 32.2. The molecule has 210 valence electrons. The molecular weight excluding hydrogens is 520 g/mol. The summed E-state index contributed by atoms with van der Waals surface area (Å²) < 4.78 is 40.2. The van der Waals surface area contributed by atoms with Gasteiger partial charge in [0.1, 0.15) is 17.5 Å². The highest BCUT2D eigenvalue weighted by Crippen LogP contribution is 2.32. The number of hydrogen-bond donors (Lipinski definition) is 2. The van der Waals surface area contributed by atoms with E-state index in [1.807, 2.05) is 32.2 Å². The van der Waals surface area contributed by atoms with Crippen molar-refractivity contribution in [3.63, 3.8) is 0 Å². The SMILES string of the molecule is Cc1noc(C)c1S(=O)(=O)Nc1ccc2c(c1)C(=O)N([C@H](C)CO)C[C@H](C)[C@@H](CN(C)Cc1ccccc1)O2. The van der Waals surface area contributed by atoms with Gasteiger partial charge in [-0.1, -0.05) is 42.4 Å². The Hall–Kier alpha value is -3.41. The summed E-state index contributed by atoms with van der Waals surface area (Å²) in [6.45, 7) is 8.40. The Morgan fingerprint density at radius 1 is 1.21 bits per heavy atom. The number of amides is 1. The maximum Gasteiger partial charge on any atom is 0.267 e. The maximum absolute atomic E-state index is 13.7. The molecule has 0 saturated heterocycles. The average Bonchev–Trinajstić information content (AvgIpc) is 3.25. The minimum absolute atomic E-state index is 0.0351. The number of nitrogens with one attached hydrogen (secondary N) is 1. The van der Waals surface area contributed by atoms with Gasteiger partial charge in [-0.25, -0.2) is 8.42 Å². The summed E-state index contributed by atoms with van der Waals surface area (Å²) in [6, 6.07) is 14.4. The van der Waals surface area contributed by atoms with Crippen LogP contribution < -0.4 is 9.46 Å². The molecule has 1 aliphatic rings. The second-order valence-corrected chi connectivity index (χ2v) is 11.9. The number of aromatic nitrogens is 1. The van der Waals surface area contributed by atoms with Crippen molar-refractivity contribution in [3.8, 4) is 5.75 Å². The molecule has 1 amide bonds. The lowest BCUT2D eigenvalue weighted by molar-refractivity contribution is 0.0341. The minimum atomic E-state index is -4.01. The van der Waals surface area contributed by atoms with E-state index in [1.54, 1.807) is 30.9 Å². The second-order valence-electron chi connectivity index (χ2n) is 10.3. The number of benzene rings is 2. The summed E-state index contributed by atoms with van der Waals surface area (Å²) in [6.07, 6.45) is -0.260. The monoisotopic (exact) mass is 556 g/mol. The number of fused-ring (bicyclic) bond motifs is 1. The summed E-state index contributed by atoms with van der Waals surface area (Å²) in [5, 5.41) is 13.6. The lowest BCUT2D eigenvalue weighted by atomic mass is 9.99. The van der Waals surface area contributed by atoms with Gasteiger partial charge in [0, 0.05) is 31.2 Å². The van der Waals surface area contributed by atoms with Crippen LogP contribution in [0.15, 0.2) is 57.9 Å². The van der Waals surface area contributed by atoms with Gasteiger partial charge in [0.2, 0.25) is 0 Å². The van der Waals surface area contributed by atoms with Crippen molar-refractivity contribution in [1.29, 1.82) is 0 Å². The highest BCUT2D eigenvalue weighted by Gasteiger charge is 2.34. The van der Waals surface area contributed by atoms with E-state index in [0.717, 1.165) is 6.54 Å². The molecular formula is C28H36N4O6S. The molecule has 1 aliphatic heterocycles. The maximum atomic E-state index is 13.7. The molecule has 0 aliphatic carbocycles. The Morgan fingerprint density at radius 2 is 1.92 bits per heavy atom. The predicted octanol–water partition coefficient (Wildman–Crippen LogP) is 3.44. The summed E-state index contributed by atoms with van der Waals surface area (Å²) in [4.78, 5) is 17.4. The molecule has 39 heavy (non-hydrogen) atoms. The van der Waals surface area contributed by atoms with Gasteiger partial charge in [0.15, 0.2) is 10.7 Å². The summed E-state index contributed by atoms with van der Waals surface area (Å²) in [5.41, 5.74) is 1.84. The fourth-order valence-electron chi connectivity index (χ4n) is 4.84. The van der Waals surface area contributed by atoms with E-state index < -0.39 is 16.1 Å². The quantitative estimate of drug-likeness (QED) is 0.411. The summed E-state index contributed by atoms with van der Waals surface area (Å²) >= 11 is 0. The first-order valence-electron chi connectivity index (χ1n) is 12.9. The largest absolute Gasteiger partial charge is 0.488 e. The standard InChI is InChI=1S/C28H36N4O6S/c1-18-14-32(19(2)17-33)28(34)24-13-23(30-39(35,36)27-20(3)29-38-21(27)4)11-12-25(24)37-26(18)16-31(5)15-22-9-7-6-8-10-22/h6-13,18-19,26,30,33H,14-17H2,1-5H3/t18-,19+,26+/m0/s1. The molecule has 11 heteroatoms. The Labute approximate surface area is 229 Å². The number of aryl methyl sites for hydroxylation is 2. The molecule has 0 spiro atoms. The summed E-state index contributed by atoms with van der Waals surface area (Å²) in [7, 11) is -1.99. The van der Waals surface area contributed by atoms with Crippen molar-refractivity contribution < 1.29 is 27.6 Å². The lowest BCUT2D eigenvalue weighted by Crippen LogP contribution is -2.49. The Morgan fingerprint density at radius 3 is 2.56 bits per heavy atom. The van der Waals surface area contributed by atoms with Crippen LogP contribution >= 0.6 is 0 Å². The van der Waals surface area contributed by atoms with Gasteiger partial charge >= 0.3 is 0 Å². The van der Waals surface area contributed by atoms with Gasteiger partial charge in [-0.15, -0.1) is 0 Å². The van der Waals surface area contributed by atoms with Crippen LogP contribution in [0.4, 0.5) is 5.69 Å². The van der Waals surface area contributed by atoms with Gasteiger partial charge in [-0.3, -0.25) is 14.4 Å². The Balaban J connectivity index is 1.65. The molecule has 3 atom stereocenters. The average molecular weight is 557 g/mol. The zero-order valence-electron chi connectivity index (χ0n) is 22.9. The van der Waals surface area contributed by atoms with Crippen molar-refractivity contribution in [3.05, 3.63) is 71.1 Å².